The fraction of sp³-hybridized carbons (Fsp3) is 0.458. The Morgan fingerprint density at radius 1 is 1.00 bits per heavy atom. The third-order valence-electron chi connectivity index (χ3n) is 6.35. The summed E-state index contributed by atoms with van der Waals surface area (Å²) in [5, 5.41) is 0. The van der Waals surface area contributed by atoms with Crippen molar-refractivity contribution in [1.29, 1.82) is 0 Å². The average molecular weight is 479 g/mol. The van der Waals surface area contributed by atoms with Crippen molar-refractivity contribution >= 4 is 15.9 Å². The Kier molecular flexibility index (Phi) is 6.99. The van der Waals surface area contributed by atoms with Gasteiger partial charge in [0.25, 0.3) is 5.91 Å². The number of piperidine rings is 2. The molecule has 4 rings (SSSR count). The Labute approximate surface area is 193 Å². The molecule has 0 saturated carbocycles. The molecule has 2 aromatic rings. The van der Waals surface area contributed by atoms with Crippen LogP contribution in [-0.4, -0.2) is 55.3 Å². The number of likely N-dealkylation sites (tertiary alicyclic amines) is 1. The number of sulfonamides is 1. The van der Waals surface area contributed by atoms with E-state index in [0.29, 0.717) is 38.0 Å². The van der Waals surface area contributed by atoms with Crippen molar-refractivity contribution in [2.24, 2.45) is 0 Å². The first kappa shape index (κ1) is 23.6. The van der Waals surface area contributed by atoms with Crippen molar-refractivity contribution in [2.45, 2.75) is 56.1 Å². The molecule has 0 spiro atoms. The van der Waals surface area contributed by atoms with Gasteiger partial charge in [0.2, 0.25) is 10.0 Å². The van der Waals surface area contributed by atoms with Gasteiger partial charge in [-0.3, -0.25) is 4.79 Å². The van der Waals surface area contributed by atoms with Crippen LogP contribution in [0.3, 0.4) is 0 Å². The Hall–Kier alpha value is -2.52. The van der Waals surface area contributed by atoms with Gasteiger partial charge in [-0.15, -0.1) is 0 Å². The summed E-state index contributed by atoms with van der Waals surface area (Å²) in [6.07, 6.45) is 3.37. The molecular formula is C24H28F2N2O4S. The third-order valence-corrected chi connectivity index (χ3v) is 8.36. The molecule has 2 heterocycles. The number of amides is 1. The molecule has 1 atom stereocenters. The molecule has 2 fully saturated rings. The fourth-order valence-electron chi connectivity index (χ4n) is 4.46. The van der Waals surface area contributed by atoms with Crippen LogP contribution in [0.25, 0.3) is 0 Å². The topological polar surface area (TPSA) is 66.9 Å². The maximum Gasteiger partial charge on any atom is 0.253 e. The largest absolute Gasteiger partial charge is 0.487 e. The lowest BCUT2D eigenvalue weighted by Crippen LogP contribution is -2.42. The van der Waals surface area contributed by atoms with Gasteiger partial charge < -0.3 is 9.64 Å². The van der Waals surface area contributed by atoms with E-state index >= 15 is 0 Å². The zero-order valence-electron chi connectivity index (χ0n) is 18.5. The molecule has 0 radical (unpaired) electrons. The second kappa shape index (κ2) is 9.77. The molecule has 0 bridgehead atoms. The van der Waals surface area contributed by atoms with Gasteiger partial charge in [-0.1, -0.05) is 12.5 Å². The molecular weight excluding hydrogens is 450 g/mol. The average Bonchev–Trinajstić information content (AvgIpc) is 2.81. The fourth-order valence-corrected chi connectivity index (χ4v) is 6.21. The van der Waals surface area contributed by atoms with Crippen LogP contribution in [0.4, 0.5) is 8.78 Å². The van der Waals surface area contributed by atoms with Crippen molar-refractivity contribution in [1.82, 2.24) is 9.21 Å². The SMILES string of the molecule is CC1CCCCN1S(=O)(=O)c1cccc(C(=O)N2CCC(Oc3ccc(F)cc3F)CC2)c1. The lowest BCUT2D eigenvalue weighted by molar-refractivity contribution is 0.0588. The number of carbonyl (C=O) groups excluding carboxylic acids is 1. The summed E-state index contributed by atoms with van der Waals surface area (Å²) < 4.78 is 60.4. The van der Waals surface area contributed by atoms with E-state index in [1.165, 1.54) is 22.5 Å². The van der Waals surface area contributed by atoms with E-state index in [1.807, 2.05) is 6.92 Å². The van der Waals surface area contributed by atoms with Gasteiger partial charge in [0.15, 0.2) is 11.6 Å². The van der Waals surface area contributed by atoms with Crippen molar-refractivity contribution in [3.05, 3.63) is 59.7 Å². The number of hydrogen-bond acceptors (Lipinski definition) is 4. The van der Waals surface area contributed by atoms with Crippen LogP contribution >= 0.6 is 0 Å². The van der Waals surface area contributed by atoms with E-state index in [-0.39, 0.29) is 28.7 Å². The number of ether oxygens (including phenoxy) is 1. The first-order valence-corrected chi connectivity index (χ1v) is 12.7. The molecule has 0 aromatic heterocycles. The monoisotopic (exact) mass is 478 g/mol. The van der Waals surface area contributed by atoms with E-state index < -0.39 is 21.7 Å². The van der Waals surface area contributed by atoms with E-state index in [0.717, 1.165) is 31.4 Å². The second-order valence-corrected chi connectivity index (χ2v) is 10.6. The van der Waals surface area contributed by atoms with Crippen LogP contribution in [0.1, 0.15) is 49.4 Å². The lowest BCUT2D eigenvalue weighted by Gasteiger charge is -2.33. The van der Waals surface area contributed by atoms with Crippen LogP contribution in [0, 0.1) is 11.6 Å². The number of rotatable bonds is 5. The molecule has 1 unspecified atom stereocenters. The van der Waals surface area contributed by atoms with Crippen LogP contribution in [0.5, 0.6) is 5.75 Å². The first-order chi connectivity index (χ1) is 15.8. The van der Waals surface area contributed by atoms with Gasteiger partial charge in [0.1, 0.15) is 11.9 Å². The maximum absolute atomic E-state index is 13.8. The summed E-state index contributed by atoms with van der Waals surface area (Å²) in [5.41, 5.74) is 0.324. The number of nitrogens with zero attached hydrogens (tertiary/aromatic N) is 2. The van der Waals surface area contributed by atoms with Crippen molar-refractivity contribution in [2.75, 3.05) is 19.6 Å². The summed E-state index contributed by atoms with van der Waals surface area (Å²) >= 11 is 0. The van der Waals surface area contributed by atoms with Crippen LogP contribution in [0.2, 0.25) is 0 Å². The summed E-state index contributed by atoms with van der Waals surface area (Å²) in [4.78, 5) is 14.8. The highest BCUT2D eigenvalue weighted by molar-refractivity contribution is 7.89. The van der Waals surface area contributed by atoms with Gasteiger partial charge in [-0.2, -0.15) is 4.31 Å². The molecule has 2 saturated heterocycles. The Morgan fingerprint density at radius 3 is 2.45 bits per heavy atom. The highest BCUT2D eigenvalue weighted by Crippen LogP contribution is 2.27. The van der Waals surface area contributed by atoms with Crippen molar-refractivity contribution in [3.63, 3.8) is 0 Å². The normalized spacial score (nSPS) is 20.6. The molecule has 9 heteroatoms. The highest BCUT2D eigenvalue weighted by Gasteiger charge is 2.32. The number of benzene rings is 2. The minimum atomic E-state index is -3.67. The minimum Gasteiger partial charge on any atom is -0.487 e. The van der Waals surface area contributed by atoms with E-state index in [4.69, 9.17) is 4.74 Å². The summed E-state index contributed by atoms with van der Waals surface area (Å²) in [7, 11) is -3.67. The maximum atomic E-state index is 13.8. The van der Waals surface area contributed by atoms with Gasteiger partial charge in [-0.05, 0) is 50.1 Å². The zero-order chi connectivity index (χ0) is 23.6. The Balaban J connectivity index is 1.41. The van der Waals surface area contributed by atoms with Crippen molar-refractivity contribution < 1.29 is 26.7 Å². The smallest absolute Gasteiger partial charge is 0.253 e. The molecule has 2 aliphatic heterocycles. The van der Waals surface area contributed by atoms with Gasteiger partial charge in [-0.25, -0.2) is 17.2 Å². The molecule has 0 aliphatic carbocycles. The standard InChI is InChI=1S/C24H28F2N2O4S/c1-17-5-2-3-12-28(17)33(30,31)21-7-4-6-18(15-21)24(29)27-13-10-20(11-14-27)32-23-9-8-19(25)16-22(23)26/h4,6-9,15-17,20H,2-3,5,10-14H2,1H3. The molecule has 2 aliphatic rings. The summed E-state index contributed by atoms with van der Waals surface area (Å²) in [6.45, 7) is 3.19. The predicted octanol–water partition coefficient (Wildman–Crippen LogP) is 4.21. The molecule has 178 valence electrons. The predicted molar refractivity (Wildman–Crippen MR) is 120 cm³/mol. The van der Waals surface area contributed by atoms with Gasteiger partial charge in [0.05, 0.1) is 4.90 Å². The number of carbonyl (C=O) groups is 1. The zero-order valence-corrected chi connectivity index (χ0v) is 19.4. The molecule has 1 amide bonds. The van der Waals surface area contributed by atoms with Gasteiger partial charge >= 0.3 is 0 Å². The Bertz CT molecular complexity index is 1120. The molecule has 6 nitrogen and oxygen atoms in total. The van der Waals surface area contributed by atoms with Crippen LogP contribution in [0.15, 0.2) is 47.4 Å². The summed E-state index contributed by atoms with van der Waals surface area (Å²) in [6, 6.07) is 9.33. The van der Waals surface area contributed by atoms with E-state index in [1.54, 1.807) is 17.0 Å². The molecule has 2 aromatic carbocycles. The number of halogens is 2. The van der Waals surface area contributed by atoms with Crippen LogP contribution in [-0.2, 0) is 10.0 Å². The molecule has 0 N–H and O–H groups in total. The van der Waals surface area contributed by atoms with Crippen molar-refractivity contribution in [3.8, 4) is 5.75 Å². The first-order valence-electron chi connectivity index (χ1n) is 11.3. The highest BCUT2D eigenvalue weighted by atomic mass is 32.2. The molecule has 33 heavy (non-hydrogen) atoms. The third kappa shape index (κ3) is 5.19. The Morgan fingerprint density at radius 2 is 1.76 bits per heavy atom. The second-order valence-electron chi connectivity index (χ2n) is 8.67. The van der Waals surface area contributed by atoms with E-state index in [2.05, 4.69) is 0 Å². The summed E-state index contributed by atoms with van der Waals surface area (Å²) in [5.74, 6) is -1.68. The quantitative estimate of drug-likeness (QED) is 0.646. The lowest BCUT2D eigenvalue weighted by atomic mass is 10.1. The number of hydrogen-bond donors (Lipinski definition) is 0. The minimum absolute atomic E-state index is 0.00831. The van der Waals surface area contributed by atoms with Crippen LogP contribution < -0.4 is 4.74 Å². The van der Waals surface area contributed by atoms with Gasteiger partial charge in [0, 0.05) is 50.1 Å². The van der Waals surface area contributed by atoms with E-state index in [9.17, 15) is 22.0 Å².